The van der Waals surface area contributed by atoms with Crippen LogP contribution in [0, 0.1) is 12.7 Å². The van der Waals surface area contributed by atoms with Crippen LogP contribution in [0.1, 0.15) is 33.1 Å². The fourth-order valence-electron chi connectivity index (χ4n) is 1.92. The molecule has 1 aromatic carbocycles. The van der Waals surface area contributed by atoms with Gasteiger partial charge in [0.25, 0.3) is 5.91 Å². The van der Waals surface area contributed by atoms with E-state index in [-0.39, 0.29) is 11.7 Å². The number of halogens is 1. The van der Waals surface area contributed by atoms with E-state index in [2.05, 4.69) is 10.6 Å². The van der Waals surface area contributed by atoms with Crippen LogP contribution in [0.15, 0.2) is 30.3 Å². The highest BCUT2D eigenvalue weighted by Crippen LogP contribution is 2.23. The minimum atomic E-state index is -0.611. The average Bonchev–Trinajstić information content (AvgIpc) is 3.00. The summed E-state index contributed by atoms with van der Waals surface area (Å²) in [5.74, 6) is -1.13. The van der Waals surface area contributed by atoms with Crippen LogP contribution in [0.4, 0.5) is 14.9 Å². The molecule has 0 spiro atoms. The number of thiophene rings is 1. The summed E-state index contributed by atoms with van der Waals surface area (Å²) in [6.07, 6.45) is 0. The summed E-state index contributed by atoms with van der Waals surface area (Å²) in [6.45, 7) is 3.53. The number of hydrogen-bond donors (Lipinski definition) is 4. The van der Waals surface area contributed by atoms with Gasteiger partial charge in [-0.2, -0.15) is 0 Å². The molecule has 1 unspecified atom stereocenters. The fourth-order valence-corrected chi connectivity index (χ4v) is 2.82. The largest absolute Gasteiger partial charge is 0.331 e. The molecule has 23 heavy (non-hydrogen) atoms. The Morgan fingerprint density at radius 1 is 1.26 bits per heavy atom. The quantitative estimate of drug-likeness (QED) is 0.510. The Morgan fingerprint density at radius 3 is 2.70 bits per heavy atom. The van der Waals surface area contributed by atoms with E-state index in [4.69, 9.17) is 5.21 Å². The molecular weight excluding hydrogens is 321 g/mol. The Bertz CT molecular complexity index is 733. The highest BCUT2D eigenvalue weighted by Gasteiger charge is 2.15. The molecule has 1 heterocycles. The first-order chi connectivity index (χ1) is 10.9. The van der Waals surface area contributed by atoms with Crippen LogP contribution >= 0.6 is 11.3 Å². The normalized spacial score (nSPS) is 11.7. The van der Waals surface area contributed by atoms with Crippen LogP contribution in [-0.4, -0.2) is 17.1 Å². The third kappa shape index (κ3) is 4.27. The first kappa shape index (κ1) is 16.9. The number of amides is 3. The highest BCUT2D eigenvalue weighted by molar-refractivity contribution is 7.14. The van der Waals surface area contributed by atoms with Gasteiger partial charge in [0.15, 0.2) is 0 Å². The van der Waals surface area contributed by atoms with E-state index in [1.807, 2.05) is 0 Å². The Hall–Kier alpha value is -2.45. The van der Waals surface area contributed by atoms with Gasteiger partial charge in [-0.3, -0.25) is 10.0 Å². The SMILES string of the molecule is Cc1ccc(F)c(NC(=O)NC(C)c2ccc(C(=O)NO)s2)c1. The number of hydrogen-bond acceptors (Lipinski definition) is 4. The van der Waals surface area contributed by atoms with Crippen molar-refractivity contribution >= 4 is 29.0 Å². The number of carbonyl (C=O) groups is 2. The first-order valence-corrected chi connectivity index (χ1v) is 7.60. The van der Waals surface area contributed by atoms with E-state index in [1.165, 1.54) is 12.1 Å². The molecule has 0 aliphatic carbocycles. The Morgan fingerprint density at radius 2 is 2.00 bits per heavy atom. The number of anilines is 1. The Labute approximate surface area is 136 Å². The number of rotatable bonds is 4. The van der Waals surface area contributed by atoms with Crippen molar-refractivity contribution < 1.29 is 19.2 Å². The van der Waals surface area contributed by atoms with Crippen molar-refractivity contribution in [2.45, 2.75) is 19.9 Å². The van der Waals surface area contributed by atoms with Gasteiger partial charge >= 0.3 is 6.03 Å². The maximum Gasteiger partial charge on any atom is 0.319 e. The van der Waals surface area contributed by atoms with Crippen molar-refractivity contribution in [3.63, 3.8) is 0 Å². The molecule has 0 aliphatic rings. The van der Waals surface area contributed by atoms with E-state index in [0.29, 0.717) is 4.88 Å². The molecule has 2 rings (SSSR count). The van der Waals surface area contributed by atoms with Crippen LogP contribution < -0.4 is 16.1 Å². The average molecular weight is 337 g/mol. The van der Waals surface area contributed by atoms with Crippen molar-refractivity contribution in [2.24, 2.45) is 0 Å². The van der Waals surface area contributed by atoms with Crippen molar-refractivity contribution in [3.05, 3.63) is 51.5 Å². The van der Waals surface area contributed by atoms with Crippen molar-refractivity contribution in [1.29, 1.82) is 0 Å². The van der Waals surface area contributed by atoms with E-state index in [1.54, 1.807) is 37.5 Å². The predicted molar refractivity (Wildman–Crippen MR) is 85.3 cm³/mol. The molecule has 1 aromatic heterocycles. The first-order valence-electron chi connectivity index (χ1n) is 6.78. The summed E-state index contributed by atoms with van der Waals surface area (Å²) in [5, 5.41) is 13.7. The molecule has 0 aliphatic heterocycles. The summed E-state index contributed by atoms with van der Waals surface area (Å²) < 4.78 is 13.6. The lowest BCUT2D eigenvalue weighted by atomic mass is 10.2. The Balaban J connectivity index is 2.00. The molecular formula is C15H16FN3O3S. The number of hydroxylamine groups is 1. The predicted octanol–water partition coefficient (Wildman–Crippen LogP) is 3.20. The van der Waals surface area contributed by atoms with Gasteiger partial charge in [-0.05, 0) is 43.7 Å². The van der Waals surface area contributed by atoms with Crippen molar-refractivity contribution in [3.8, 4) is 0 Å². The molecule has 0 radical (unpaired) electrons. The second kappa shape index (κ2) is 7.21. The van der Waals surface area contributed by atoms with Gasteiger partial charge in [-0.15, -0.1) is 11.3 Å². The third-order valence-electron chi connectivity index (χ3n) is 3.10. The fraction of sp³-hybridized carbons (Fsp3) is 0.200. The zero-order valence-electron chi connectivity index (χ0n) is 12.5. The van der Waals surface area contributed by atoms with Crippen LogP contribution in [0.5, 0.6) is 0 Å². The van der Waals surface area contributed by atoms with E-state index in [0.717, 1.165) is 21.8 Å². The molecule has 122 valence electrons. The molecule has 2 aromatic rings. The maximum atomic E-state index is 13.6. The molecule has 0 bridgehead atoms. The lowest BCUT2D eigenvalue weighted by Crippen LogP contribution is -2.31. The standard InChI is InChI=1S/C15H16FN3O3S/c1-8-3-4-10(16)11(7-8)18-15(21)17-9(2)12-5-6-13(23-12)14(20)19-22/h3-7,9,22H,1-2H3,(H,19,20)(H2,17,18,21). The number of aryl methyl sites for hydroxylation is 1. The zero-order valence-corrected chi connectivity index (χ0v) is 13.3. The number of benzene rings is 1. The van der Waals surface area contributed by atoms with Crippen LogP contribution in [0.3, 0.4) is 0 Å². The summed E-state index contributed by atoms with van der Waals surface area (Å²) in [4.78, 5) is 24.3. The molecule has 3 amide bonds. The lowest BCUT2D eigenvalue weighted by Gasteiger charge is -2.14. The second-order valence-electron chi connectivity index (χ2n) is 4.95. The number of carbonyl (C=O) groups excluding carboxylic acids is 2. The molecule has 0 saturated heterocycles. The molecule has 1 atom stereocenters. The summed E-state index contributed by atoms with van der Waals surface area (Å²) in [5.41, 5.74) is 2.47. The van der Waals surface area contributed by atoms with E-state index < -0.39 is 17.8 Å². The monoisotopic (exact) mass is 337 g/mol. The van der Waals surface area contributed by atoms with Crippen molar-refractivity contribution in [1.82, 2.24) is 10.8 Å². The summed E-state index contributed by atoms with van der Waals surface area (Å²) in [7, 11) is 0. The minimum Gasteiger partial charge on any atom is -0.331 e. The topological polar surface area (TPSA) is 90.5 Å². The molecule has 8 heteroatoms. The third-order valence-corrected chi connectivity index (χ3v) is 4.36. The maximum absolute atomic E-state index is 13.6. The highest BCUT2D eigenvalue weighted by atomic mass is 32.1. The Kier molecular flexibility index (Phi) is 5.30. The minimum absolute atomic E-state index is 0.0984. The second-order valence-corrected chi connectivity index (χ2v) is 6.06. The smallest absolute Gasteiger partial charge is 0.319 e. The molecule has 0 fully saturated rings. The van der Waals surface area contributed by atoms with Crippen molar-refractivity contribution in [2.75, 3.05) is 5.32 Å². The van der Waals surface area contributed by atoms with Crippen LogP contribution in [-0.2, 0) is 0 Å². The van der Waals surface area contributed by atoms with E-state index >= 15 is 0 Å². The van der Waals surface area contributed by atoms with Gasteiger partial charge in [0, 0.05) is 4.88 Å². The number of nitrogens with one attached hydrogen (secondary N) is 3. The van der Waals surface area contributed by atoms with E-state index in [9.17, 15) is 14.0 Å². The number of urea groups is 1. The summed E-state index contributed by atoms with van der Waals surface area (Å²) in [6, 6.07) is 6.72. The molecule has 4 N–H and O–H groups in total. The van der Waals surface area contributed by atoms with Gasteiger partial charge in [-0.25, -0.2) is 14.7 Å². The molecule has 6 nitrogen and oxygen atoms in total. The van der Waals surface area contributed by atoms with Crippen LogP contribution in [0.2, 0.25) is 0 Å². The van der Waals surface area contributed by atoms with Crippen LogP contribution in [0.25, 0.3) is 0 Å². The van der Waals surface area contributed by atoms with Gasteiger partial charge in [0.2, 0.25) is 0 Å². The molecule has 0 saturated carbocycles. The summed E-state index contributed by atoms with van der Waals surface area (Å²) >= 11 is 1.14. The van der Waals surface area contributed by atoms with Gasteiger partial charge in [0.05, 0.1) is 16.6 Å². The zero-order chi connectivity index (χ0) is 17.0. The van der Waals surface area contributed by atoms with Gasteiger partial charge in [0.1, 0.15) is 5.82 Å². The lowest BCUT2D eigenvalue weighted by molar-refractivity contribution is 0.0711. The van der Waals surface area contributed by atoms with Gasteiger partial charge < -0.3 is 10.6 Å². The van der Waals surface area contributed by atoms with Gasteiger partial charge in [-0.1, -0.05) is 6.07 Å².